The lowest BCUT2D eigenvalue weighted by atomic mass is 10.0. The molecule has 0 saturated heterocycles. The van der Waals surface area contributed by atoms with Gasteiger partial charge in [-0.15, -0.1) is 0 Å². The third-order valence-corrected chi connectivity index (χ3v) is 2.49. The Kier molecular flexibility index (Phi) is 3.62. The van der Waals surface area contributed by atoms with Gasteiger partial charge >= 0.3 is 0 Å². The summed E-state index contributed by atoms with van der Waals surface area (Å²) in [7, 11) is 1.62. The second-order valence-corrected chi connectivity index (χ2v) is 3.50. The Hall–Kier alpha value is -2.00. The van der Waals surface area contributed by atoms with Crippen LogP contribution in [0.3, 0.4) is 0 Å². The second kappa shape index (κ2) is 5.37. The molecule has 2 aromatic carbocycles. The van der Waals surface area contributed by atoms with E-state index in [2.05, 4.69) is 0 Å². The lowest BCUT2D eigenvalue weighted by Crippen LogP contribution is -1.97. The highest BCUT2D eigenvalue weighted by Crippen LogP contribution is 2.33. The van der Waals surface area contributed by atoms with Crippen LogP contribution in [0.25, 0.3) is 11.1 Å². The normalized spacial score (nSPS) is 10.0. The predicted molar refractivity (Wildman–Crippen MR) is 66.1 cm³/mol. The summed E-state index contributed by atoms with van der Waals surface area (Å²) in [4.78, 5) is 0. The summed E-state index contributed by atoms with van der Waals surface area (Å²) in [5, 5.41) is 8.86. The molecule has 0 heterocycles. The van der Waals surface area contributed by atoms with Crippen LogP contribution in [0.2, 0.25) is 0 Å². The van der Waals surface area contributed by atoms with Crippen molar-refractivity contribution in [2.45, 2.75) is 0 Å². The molecule has 0 fully saturated rings. The van der Waals surface area contributed by atoms with Gasteiger partial charge in [0.15, 0.2) is 6.79 Å². The highest BCUT2D eigenvalue weighted by Gasteiger charge is 2.07. The van der Waals surface area contributed by atoms with Crippen LogP contribution < -0.4 is 9.47 Å². The number of aliphatic hydroxyl groups is 1. The summed E-state index contributed by atoms with van der Waals surface area (Å²) in [5.41, 5.74) is 1.92. The first kappa shape index (κ1) is 11.5. The van der Waals surface area contributed by atoms with Crippen molar-refractivity contribution in [1.82, 2.24) is 0 Å². The molecule has 1 N–H and O–H groups in total. The summed E-state index contributed by atoms with van der Waals surface area (Å²) >= 11 is 0. The van der Waals surface area contributed by atoms with Crippen LogP contribution in [0.5, 0.6) is 11.5 Å². The number of ether oxygens (including phenoxy) is 2. The molecular formula is C14H14O3. The van der Waals surface area contributed by atoms with Crippen molar-refractivity contribution in [3.05, 3.63) is 48.5 Å². The highest BCUT2D eigenvalue weighted by atomic mass is 16.6. The monoisotopic (exact) mass is 230 g/mol. The molecule has 88 valence electrons. The zero-order valence-electron chi connectivity index (χ0n) is 9.59. The van der Waals surface area contributed by atoms with Crippen molar-refractivity contribution in [2.75, 3.05) is 13.9 Å². The third kappa shape index (κ3) is 2.57. The zero-order valence-corrected chi connectivity index (χ0v) is 9.59. The van der Waals surface area contributed by atoms with Crippen molar-refractivity contribution in [1.29, 1.82) is 0 Å². The molecular weight excluding hydrogens is 216 g/mol. The number of methoxy groups -OCH3 is 1. The van der Waals surface area contributed by atoms with Crippen molar-refractivity contribution in [3.8, 4) is 22.6 Å². The molecule has 2 aromatic rings. The maximum Gasteiger partial charge on any atom is 0.186 e. The third-order valence-electron chi connectivity index (χ3n) is 2.49. The molecule has 3 heteroatoms. The Balaban J connectivity index is 2.48. The molecule has 0 aliphatic carbocycles. The van der Waals surface area contributed by atoms with E-state index in [1.54, 1.807) is 19.2 Å². The minimum atomic E-state index is -0.341. The average Bonchev–Trinajstić information content (AvgIpc) is 2.40. The summed E-state index contributed by atoms with van der Waals surface area (Å²) < 4.78 is 10.4. The standard InChI is InChI=1S/C14H14O3/c1-16-12-7-8-14(17-10-15)13(9-12)11-5-3-2-4-6-11/h2-9,15H,10H2,1H3. The first-order chi connectivity index (χ1) is 8.35. The molecule has 0 radical (unpaired) electrons. The number of hydrogen-bond donors (Lipinski definition) is 1. The molecule has 0 atom stereocenters. The second-order valence-electron chi connectivity index (χ2n) is 3.50. The molecule has 0 unspecified atom stereocenters. The maximum absolute atomic E-state index is 8.86. The van der Waals surface area contributed by atoms with Crippen molar-refractivity contribution in [2.24, 2.45) is 0 Å². The Bertz CT molecular complexity index is 480. The van der Waals surface area contributed by atoms with E-state index in [1.165, 1.54) is 0 Å². The predicted octanol–water partition coefficient (Wildman–Crippen LogP) is 2.69. The summed E-state index contributed by atoms with van der Waals surface area (Å²) in [5.74, 6) is 1.40. The summed E-state index contributed by atoms with van der Waals surface area (Å²) in [6.07, 6.45) is 0. The van der Waals surface area contributed by atoms with Crippen LogP contribution in [0.15, 0.2) is 48.5 Å². The average molecular weight is 230 g/mol. The van der Waals surface area contributed by atoms with Crippen molar-refractivity contribution < 1.29 is 14.6 Å². The fraction of sp³-hybridized carbons (Fsp3) is 0.143. The molecule has 17 heavy (non-hydrogen) atoms. The largest absolute Gasteiger partial charge is 0.497 e. The molecule has 0 saturated carbocycles. The van der Waals surface area contributed by atoms with Gasteiger partial charge in [-0.2, -0.15) is 0 Å². The van der Waals surface area contributed by atoms with Crippen molar-refractivity contribution >= 4 is 0 Å². The molecule has 0 bridgehead atoms. The van der Waals surface area contributed by atoms with E-state index in [0.29, 0.717) is 5.75 Å². The Morgan fingerprint density at radius 2 is 1.82 bits per heavy atom. The van der Waals surface area contributed by atoms with E-state index in [9.17, 15) is 0 Å². The van der Waals surface area contributed by atoms with Gasteiger partial charge in [0.25, 0.3) is 0 Å². The maximum atomic E-state index is 8.86. The number of benzene rings is 2. The van der Waals surface area contributed by atoms with Crippen LogP contribution in [-0.4, -0.2) is 19.0 Å². The van der Waals surface area contributed by atoms with Crippen LogP contribution in [0, 0.1) is 0 Å². The fourth-order valence-electron chi connectivity index (χ4n) is 1.67. The quantitative estimate of drug-likeness (QED) is 0.821. The van der Waals surface area contributed by atoms with Gasteiger partial charge in [-0.05, 0) is 23.8 Å². The zero-order chi connectivity index (χ0) is 12.1. The molecule has 2 rings (SSSR count). The van der Waals surface area contributed by atoms with Gasteiger partial charge in [0.1, 0.15) is 11.5 Å². The molecule has 0 aliphatic heterocycles. The first-order valence-electron chi connectivity index (χ1n) is 5.32. The highest BCUT2D eigenvalue weighted by molar-refractivity contribution is 5.71. The fourth-order valence-corrected chi connectivity index (χ4v) is 1.67. The molecule has 0 aromatic heterocycles. The summed E-state index contributed by atoms with van der Waals surface area (Å²) in [6.45, 7) is -0.341. The number of hydrogen-bond acceptors (Lipinski definition) is 3. The van der Waals surface area contributed by atoms with Gasteiger partial charge in [0, 0.05) is 5.56 Å². The van der Waals surface area contributed by atoms with E-state index in [0.717, 1.165) is 16.9 Å². The molecule has 0 aliphatic rings. The van der Waals surface area contributed by atoms with Crippen molar-refractivity contribution in [3.63, 3.8) is 0 Å². The number of aliphatic hydroxyl groups excluding tert-OH is 1. The van der Waals surface area contributed by atoms with E-state index < -0.39 is 0 Å². The molecule has 0 spiro atoms. The smallest absolute Gasteiger partial charge is 0.186 e. The van der Waals surface area contributed by atoms with Gasteiger partial charge in [0.05, 0.1) is 7.11 Å². The van der Waals surface area contributed by atoms with E-state index >= 15 is 0 Å². The van der Waals surface area contributed by atoms with Crippen LogP contribution in [-0.2, 0) is 0 Å². The number of rotatable bonds is 4. The van der Waals surface area contributed by atoms with E-state index in [4.69, 9.17) is 14.6 Å². The Morgan fingerprint density at radius 3 is 2.47 bits per heavy atom. The molecule has 3 nitrogen and oxygen atoms in total. The minimum Gasteiger partial charge on any atom is -0.497 e. The van der Waals surface area contributed by atoms with Crippen LogP contribution in [0.4, 0.5) is 0 Å². The van der Waals surface area contributed by atoms with Crippen LogP contribution in [0.1, 0.15) is 0 Å². The van der Waals surface area contributed by atoms with Gasteiger partial charge in [0.2, 0.25) is 0 Å². The summed E-state index contributed by atoms with van der Waals surface area (Å²) in [6, 6.07) is 15.3. The Morgan fingerprint density at radius 1 is 1.06 bits per heavy atom. The van der Waals surface area contributed by atoms with Gasteiger partial charge in [-0.1, -0.05) is 30.3 Å². The topological polar surface area (TPSA) is 38.7 Å². The first-order valence-corrected chi connectivity index (χ1v) is 5.32. The Labute approximate surface area is 100 Å². The van der Waals surface area contributed by atoms with Crippen LogP contribution >= 0.6 is 0 Å². The van der Waals surface area contributed by atoms with Gasteiger partial charge < -0.3 is 14.6 Å². The lowest BCUT2D eigenvalue weighted by Gasteiger charge is -2.11. The van der Waals surface area contributed by atoms with E-state index in [1.807, 2.05) is 36.4 Å². The lowest BCUT2D eigenvalue weighted by molar-refractivity contribution is 0.0990. The van der Waals surface area contributed by atoms with E-state index in [-0.39, 0.29) is 6.79 Å². The van der Waals surface area contributed by atoms with Gasteiger partial charge in [-0.25, -0.2) is 0 Å². The SMILES string of the molecule is COc1ccc(OCO)c(-c2ccccc2)c1. The minimum absolute atomic E-state index is 0.341. The molecule has 0 amide bonds. The van der Waals surface area contributed by atoms with Gasteiger partial charge in [-0.3, -0.25) is 0 Å².